The molecule has 0 radical (unpaired) electrons. The molecule has 1 saturated heterocycles. The summed E-state index contributed by atoms with van der Waals surface area (Å²) >= 11 is 0. The molecule has 1 heterocycles. The van der Waals surface area contributed by atoms with Crippen LogP contribution in [-0.2, 0) is 0 Å². The molecule has 0 amide bonds. The van der Waals surface area contributed by atoms with Crippen molar-refractivity contribution in [1.82, 2.24) is 10.2 Å². The summed E-state index contributed by atoms with van der Waals surface area (Å²) < 4.78 is 0. The molecule has 8 heavy (non-hydrogen) atoms. The van der Waals surface area contributed by atoms with Crippen LogP contribution in [0.1, 0.15) is 0 Å². The van der Waals surface area contributed by atoms with E-state index in [0.717, 1.165) is 26.2 Å². The molecule has 0 aliphatic carbocycles. The van der Waals surface area contributed by atoms with Crippen molar-refractivity contribution in [1.29, 1.82) is 5.41 Å². The van der Waals surface area contributed by atoms with Crippen molar-refractivity contribution in [3.8, 4) is 0 Å². The van der Waals surface area contributed by atoms with Crippen molar-refractivity contribution in [2.24, 2.45) is 0 Å². The first kappa shape index (κ1) is 5.56. The summed E-state index contributed by atoms with van der Waals surface area (Å²) in [6.45, 7) is 4.03. The molecule has 0 spiro atoms. The highest BCUT2D eigenvalue weighted by molar-refractivity contribution is 5.50. The van der Waals surface area contributed by atoms with Crippen molar-refractivity contribution in [3.63, 3.8) is 0 Å². The van der Waals surface area contributed by atoms with Gasteiger partial charge in [0, 0.05) is 26.2 Å². The van der Waals surface area contributed by atoms with Gasteiger partial charge in [-0.3, -0.25) is 5.41 Å². The van der Waals surface area contributed by atoms with Crippen LogP contribution in [0.25, 0.3) is 0 Å². The minimum absolute atomic E-state index is 0.990. The summed E-state index contributed by atoms with van der Waals surface area (Å²) in [5.41, 5.74) is 0. The quantitative estimate of drug-likeness (QED) is 0.355. The van der Waals surface area contributed by atoms with Crippen molar-refractivity contribution in [3.05, 3.63) is 0 Å². The minimum atomic E-state index is 0.990. The molecule has 1 aliphatic heterocycles. The van der Waals surface area contributed by atoms with Crippen LogP contribution in [0, 0.1) is 5.41 Å². The van der Waals surface area contributed by atoms with Gasteiger partial charge in [0.1, 0.15) is 0 Å². The Morgan fingerprint density at radius 1 is 1.38 bits per heavy atom. The second-order valence-corrected chi connectivity index (χ2v) is 1.92. The van der Waals surface area contributed by atoms with Gasteiger partial charge < -0.3 is 10.2 Å². The molecule has 46 valence electrons. The molecule has 1 fully saturated rings. The van der Waals surface area contributed by atoms with Gasteiger partial charge in [-0.1, -0.05) is 0 Å². The first-order chi connectivity index (χ1) is 3.93. The van der Waals surface area contributed by atoms with Crippen LogP contribution in [0.2, 0.25) is 0 Å². The van der Waals surface area contributed by atoms with Gasteiger partial charge in [-0.15, -0.1) is 0 Å². The maximum absolute atomic E-state index is 6.87. The predicted octanol–water partition coefficient (Wildman–Crippen LogP) is -0.501. The zero-order valence-electron chi connectivity index (χ0n) is 4.85. The van der Waals surface area contributed by atoms with Crippen molar-refractivity contribution < 1.29 is 0 Å². The molecule has 0 saturated carbocycles. The fraction of sp³-hybridized carbons (Fsp3) is 0.800. The first-order valence-electron chi connectivity index (χ1n) is 2.89. The lowest BCUT2D eigenvalue weighted by molar-refractivity contribution is 0.365. The van der Waals surface area contributed by atoms with Crippen molar-refractivity contribution in [2.75, 3.05) is 26.2 Å². The molecular formula is C5H11N3. The standard InChI is InChI=1S/C5H11N3/c6-5-8-3-1-7-2-4-8/h5-7H,1-4H2. The fourth-order valence-electron chi connectivity index (χ4n) is 0.811. The van der Waals surface area contributed by atoms with E-state index in [0.29, 0.717) is 0 Å². The summed E-state index contributed by atoms with van der Waals surface area (Å²) in [5.74, 6) is 0. The lowest BCUT2D eigenvalue weighted by Gasteiger charge is -2.23. The monoisotopic (exact) mass is 113 g/mol. The fourth-order valence-corrected chi connectivity index (χ4v) is 0.811. The molecular weight excluding hydrogens is 102 g/mol. The van der Waals surface area contributed by atoms with Gasteiger partial charge in [0.25, 0.3) is 0 Å². The Hall–Kier alpha value is -0.570. The lowest BCUT2D eigenvalue weighted by Crippen LogP contribution is -2.42. The zero-order valence-corrected chi connectivity index (χ0v) is 4.85. The van der Waals surface area contributed by atoms with E-state index >= 15 is 0 Å². The molecule has 0 bridgehead atoms. The Morgan fingerprint density at radius 2 is 2.00 bits per heavy atom. The summed E-state index contributed by atoms with van der Waals surface area (Å²) in [7, 11) is 0. The van der Waals surface area contributed by atoms with Crippen LogP contribution in [0.4, 0.5) is 0 Å². The lowest BCUT2D eigenvalue weighted by atomic mass is 10.4. The summed E-state index contributed by atoms with van der Waals surface area (Å²) in [5, 5.41) is 10.1. The van der Waals surface area contributed by atoms with Crippen molar-refractivity contribution >= 4 is 6.34 Å². The van der Waals surface area contributed by atoms with E-state index in [1.165, 1.54) is 6.34 Å². The molecule has 1 aliphatic rings. The highest BCUT2D eigenvalue weighted by Gasteiger charge is 2.02. The highest BCUT2D eigenvalue weighted by Crippen LogP contribution is 1.84. The molecule has 1 rings (SSSR count). The van der Waals surface area contributed by atoms with Crippen LogP contribution >= 0.6 is 0 Å². The van der Waals surface area contributed by atoms with Gasteiger partial charge in [-0.25, -0.2) is 0 Å². The normalized spacial score (nSPS) is 20.8. The van der Waals surface area contributed by atoms with Crippen LogP contribution in [0.3, 0.4) is 0 Å². The van der Waals surface area contributed by atoms with Gasteiger partial charge in [0.05, 0.1) is 6.34 Å². The Kier molecular flexibility index (Phi) is 1.86. The molecule has 0 aromatic heterocycles. The van der Waals surface area contributed by atoms with E-state index in [9.17, 15) is 0 Å². The number of piperazine rings is 1. The third-order valence-electron chi connectivity index (χ3n) is 1.33. The molecule has 3 heteroatoms. The van der Waals surface area contributed by atoms with Crippen LogP contribution in [0.15, 0.2) is 0 Å². The van der Waals surface area contributed by atoms with E-state index in [-0.39, 0.29) is 0 Å². The van der Waals surface area contributed by atoms with E-state index in [2.05, 4.69) is 5.32 Å². The zero-order chi connectivity index (χ0) is 5.82. The SMILES string of the molecule is N=CN1CCNCC1. The number of nitrogens with one attached hydrogen (secondary N) is 2. The maximum Gasteiger partial charge on any atom is 0.0818 e. The van der Waals surface area contributed by atoms with E-state index in [1.54, 1.807) is 0 Å². The van der Waals surface area contributed by atoms with E-state index in [4.69, 9.17) is 5.41 Å². The molecule has 2 N–H and O–H groups in total. The van der Waals surface area contributed by atoms with Crippen molar-refractivity contribution in [2.45, 2.75) is 0 Å². The molecule has 3 nitrogen and oxygen atoms in total. The molecule has 0 aromatic carbocycles. The molecule has 0 aromatic rings. The number of nitrogens with zero attached hydrogens (tertiary/aromatic N) is 1. The third-order valence-corrected chi connectivity index (χ3v) is 1.33. The second kappa shape index (κ2) is 2.67. The summed E-state index contributed by atoms with van der Waals surface area (Å²) in [4.78, 5) is 2.00. The van der Waals surface area contributed by atoms with Gasteiger partial charge in [-0.2, -0.15) is 0 Å². The largest absolute Gasteiger partial charge is 0.361 e. The average molecular weight is 113 g/mol. The third kappa shape index (κ3) is 1.20. The van der Waals surface area contributed by atoms with Gasteiger partial charge in [0.2, 0.25) is 0 Å². The average Bonchev–Trinajstić information content (AvgIpc) is 1.90. The Bertz CT molecular complexity index is 75.7. The van der Waals surface area contributed by atoms with Crippen LogP contribution in [-0.4, -0.2) is 37.4 Å². The minimum Gasteiger partial charge on any atom is -0.361 e. The van der Waals surface area contributed by atoms with Gasteiger partial charge >= 0.3 is 0 Å². The van der Waals surface area contributed by atoms with Gasteiger partial charge in [0.15, 0.2) is 0 Å². The Balaban J connectivity index is 2.22. The predicted molar refractivity (Wildman–Crippen MR) is 33.2 cm³/mol. The van der Waals surface area contributed by atoms with Gasteiger partial charge in [-0.05, 0) is 0 Å². The summed E-state index contributed by atoms with van der Waals surface area (Å²) in [6, 6.07) is 0. The summed E-state index contributed by atoms with van der Waals surface area (Å²) in [6.07, 6.45) is 1.40. The number of hydrogen-bond donors (Lipinski definition) is 2. The Morgan fingerprint density at radius 3 is 2.38 bits per heavy atom. The van der Waals surface area contributed by atoms with Crippen LogP contribution in [0.5, 0.6) is 0 Å². The Labute approximate surface area is 49.2 Å². The van der Waals surface area contributed by atoms with Crippen LogP contribution < -0.4 is 5.32 Å². The van der Waals surface area contributed by atoms with E-state index in [1.807, 2.05) is 4.90 Å². The molecule has 0 unspecified atom stereocenters. The number of hydrogen-bond acceptors (Lipinski definition) is 2. The second-order valence-electron chi connectivity index (χ2n) is 1.92. The highest BCUT2D eigenvalue weighted by atomic mass is 15.2. The topological polar surface area (TPSA) is 39.1 Å². The van der Waals surface area contributed by atoms with E-state index < -0.39 is 0 Å². The smallest absolute Gasteiger partial charge is 0.0818 e. The number of rotatable bonds is 1. The first-order valence-corrected chi connectivity index (χ1v) is 2.89. The molecule has 0 atom stereocenters. The maximum atomic E-state index is 6.87.